The van der Waals surface area contributed by atoms with E-state index in [1.807, 2.05) is 50.5 Å². The molecule has 2 aromatic carbocycles. The number of nitrogens with zero attached hydrogens (tertiary/aromatic N) is 3. The first-order valence-corrected chi connectivity index (χ1v) is 10.8. The summed E-state index contributed by atoms with van der Waals surface area (Å²) < 4.78 is 12.8. The van der Waals surface area contributed by atoms with Gasteiger partial charge in [-0.2, -0.15) is 0 Å². The Labute approximate surface area is 183 Å². The number of carbonyl (C=O) groups excluding carboxylic acids is 1. The van der Waals surface area contributed by atoms with Gasteiger partial charge >= 0.3 is 0 Å². The van der Waals surface area contributed by atoms with Crippen LogP contribution in [-0.2, 0) is 0 Å². The van der Waals surface area contributed by atoms with Gasteiger partial charge in [-0.05, 0) is 63.5 Å². The molecule has 0 bridgehead atoms. The van der Waals surface area contributed by atoms with Crippen LogP contribution in [0.4, 0.5) is 5.13 Å². The Bertz CT molecular complexity index is 948. The van der Waals surface area contributed by atoms with Crippen LogP contribution in [0.2, 0.25) is 0 Å². The van der Waals surface area contributed by atoms with Gasteiger partial charge in [-0.15, -0.1) is 0 Å². The predicted molar refractivity (Wildman–Crippen MR) is 122 cm³/mol. The maximum Gasteiger partial charge on any atom is 0.260 e. The number of aromatic nitrogens is 1. The molecule has 0 saturated heterocycles. The van der Waals surface area contributed by atoms with E-state index >= 15 is 0 Å². The molecule has 0 aliphatic rings. The molecule has 0 spiro atoms. The first kappa shape index (κ1) is 21.5. The van der Waals surface area contributed by atoms with Crippen LogP contribution in [0.3, 0.4) is 0 Å². The molecule has 3 rings (SSSR count). The van der Waals surface area contributed by atoms with Gasteiger partial charge in [0, 0.05) is 16.6 Å². The summed E-state index contributed by atoms with van der Waals surface area (Å²) in [6.45, 7) is 1.44. The van der Waals surface area contributed by atoms with Crippen LogP contribution < -0.4 is 14.4 Å². The third-order valence-electron chi connectivity index (χ3n) is 4.45. The lowest BCUT2D eigenvalue weighted by molar-refractivity contribution is 0.0986. The maximum atomic E-state index is 13.3. The molecular formula is C21H24BrN3O3S. The summed E-state index contributed by atoms with van der Waals surface area (Å²) in [5, 5.41) is 0.634. The predicted octanol–water partition coefficient (Wildman–Crippen LogP) is 4.67. The number of ether oxygens (including phenoxy) is 2. The fourth-order valence-electron chi connectivity index (χ4n) is 2.97. The average Bonchev–Trinajstić information content (AvgIpc) is 3.15. The highest BCUT2D eigenvalue weighted by molar-refractivity contribution is 9.10. The standard InChI is InChI=1S/C21H24BrN3O3S/c1-24(2)12-5-13-25(20(26)14-6-8-15(22)9-7-14)21-23-18-16(27-3)10-11-17(28-4)19(18)29-21/h6-11H,5,12-13H2,1-4H3. The molecule has 0 saturated carbocycles. The van der Waals surface area contributed by atoms with Gasteiger partial charge in [0.05, 0.1) is 14.2 Å². The topological polar surface area (TPSA) is 54.9 Å². The van der Waals surface area contributed by atoms with Gasteiger partial charge in [-0.1, -0.05) is 27.3 Å². The van der Waals surface area contributed by atoms with Crippen LogP contribution in [-0.4, -0.2) is 57.2 Å². The third-order valence-corrected chi connectivity index (χ3v) is 6.07. The second kappa shape index (κ2) is 9.56. The number of carbonyl (C=O) groups is 1. The number of methoxy groups -OCH3 is 2. The lowest BCUT2D eigenvalue weighted by Crippen LogP contribution is -2.33. The quantitative estimate of drug-likeness (QED) is 0.471. The second-order valence-corrected chi connectivity index (χ2v) is 8.66. The van der Waals surface area contributed by atoms with Gasteiger partial charge in [0.1, 0.15) is 21.7 Å². The molecule has 8 heteroatoms. The summed E-state index contributed by atoms with van der Waals surface area (Å²) >= 11 is 4.86. The van der Waals surface area contributed by atoms with Crippen molar-refractivity contribution in [2.24, 2.45) is 0 Å². The Hall–Kier alpha value is -2.16. The van der Waals surface area contributed by atoms with E-state index < -0.39 is 0 Å². The lowest BCUT2D eigenvalue weighted by atomic mass is 10.2. The first-order chi connectivity index (χ1) is 13.9. The third kappa shape index (κ3) is 4.88. The van der Waals surface area contributed by atoms with Gasteiger partial charge in [0.25, 0.3) is 5.91 Å². The number of anilines is 1. The van der Waals surface area contributed by atoms with Gasteiger partial charge in [0.2, 0.25) is 0 Å². The molecule has 0 atom stereocenters. The van der Waals surface area contributed by atoms with Gasteiger partial charge in [-0.3, -0.25) is 9.69 Å². The molecule has 29 heavy (non-hydrogen) atoms. The van der Waals surface area contributed by atoms with Crippen molar-refractivity contribution in [2.75, 3.05) is 46.3 Å². The Morgan fingerprint density at radius 1 is 1.03 bits per heavy atom. The van der Waals surface area contributed by atoms with Crippen LogP contribution in [0.5, 0.6) is 11.5 Å². The van der Waals surface area contributed by atoms with Gasteiger partial charge in [-0.25, -0.2) is 4.98 Å². The number of hydrogen-bond donors (Lipinski definition) is 0. The Balaban J connectivity index is 2.02. The van der Waals surface area contributed by atoms with Crippen LogP contribution >= 0.6 is 27.3 Å². The molecule has 0 aliphatic heterocycles. The average molecular weight is 478 g/mol. The molecule has 0 fully saturated rings. The second-order valence-electron chi connectivity index (χ2n) is 6.76. The zero-order chi connectivity index (χ0) is 21.0. The van der Waals surface area contributed by atoms with Gasteiger partial charge in [0.15, 0.2) is 5.13 Å². The van der Waals surface area contributed by atoms with E-state index in [-0.39, 0.29) is 5.91 Å². The van der Waals surface area contributed by atoms with E-state index in [9.17, 15) is 4.79 Å². The minimum Gasteiger partial charge on any atom is -0.495 e. The number of hydrogen-bond acceptors (Lipinski definition) is 6. The van der Waals surface area contributed by atoms with Crippen LogP contribution in [0, 0.1) is 0 Å². The lowest BCUT2D eigenvalue weighted by Gasteiger charge is -2.21. The molecule has 0 aliphatic carbocycles. The first-order valence-electron chi connectivity index (χ1n) is 9.18. The van der Waals surface area contributed by atoms with Crippen molar-refractivity contribution in [3.8, 4) is 11.5 Å². The summed E-state index contributed by atoms with van der Waals surface area (Å²) in [6, 6.07) is 11.1. The van der Waals surface area contributed by atoms with Crippen LogP contribution in [0.1, 0.15) is 16.8 Å². The van der Waals surface area contributed by atoms with Crippen LogP contribution in [0.25, 0.3) is 10.2 Å². The zero-order valence-electron chi connectivity index (χ0n) is 16.9. The molecule has 0 unspecified atom stereocenters. The highest BCUT2D eigenvalue weighted by Crippen LogP contribution is 2.40. The molecule has 1 amide bonds. The van der Waals surface area contributed by atoms with Gasteiger partial charge < -0.3 is 14.4 Å². The van der Waals surface area contributed by atoms with E-state index in [0.717, 1.165) is 22.1 Å². The summed E-state index contributed by atoms with van der Waals surface area (Å²) in [6.07, 6.45) is 0.833. The maximum absolute atomic E-state index is 13.3. The molecular weight excluding hydrogens is 454 g/mol. The van der Waals surface area contributed by atoms with E-state index in [2.05, 4.69) is 20.8 Å². The number of halogens is 1. The van der Waals surface area contributed by atoms with E-state index in [0.29, 0.717) is 34.3 Å². The molecule has 3 aromatic rings. The van der Waals surface area contributed by atoms with Crippen LogP contribution in [0.15, 0.2) is 40.9 Å². The zero-order valence-corrected chi connectivity index (χ0v) is 19.3. The fraction of sp³-hybridized carbons (Fsp3) is 0.333. The van der Waals surface area contributed by atoms with Crippen molar-refractivity contribution in [3.05, 3.63) is 46.4 Å². The summed E-state index contributed by atoms with van der Waals surface area (Å²) in [5.41, 5.74) is 1.32. The Kier molecular flexibility index (Phi) is 7.10. The van der Waals surface area contributed by atoms with E-state index in [1.54, 1.807) is 19.1 Å². The number of thiazole rings is 1. The number of benzene rings is 2. The van der Waals surface area contributed by atoms with Crippen molar-refractivity contribution in [1.82, 2.24) is 9.88 Å². The Morgan fingerprint density at radius 3 is 2.31 bits per heavy atom. The van der Waals surface area contributed by atoms with Crippen molar-refractivity contribution in [1.29, 1.82) is 0 Å². The normalized spacial score (nSPS) is 11.1. The molecule has 1 aromatic heterocycles. The summed E-state index contributed by atoms with van der Waals surface area (Å²) in [5.74, 6) is 1.30. The summed E-state index contributed by atoms with van der Waals surface area (Å²) in [4.78, 5) is 21.9. The number of rotatable bonds is 8. The molecule has 6 nitrogen and oxygen atoms in total. The number of fused-ring (bicyclic) bond motifs is 1. The molecule has 0 radical (unpaired) electrons. The minimum atomic E-state index is -0.0757. The minimum absolute atomic E-state index is 0.0757. The van der Waals surface area contributed by atoms with E-state index in [1.165, 1.54) is 11.3 Å². The van der Waals surface area contributed by atoms with Crippen molar-refractivity contribution >= 4 is 48.5 Å². The molecule has 0 N–H and O–H groups in total. The number of amides is 1. The molecule has 154 valence electrons. The highest BCUT2D eigenvalue weighted by atomic mass is 79.9. The largest absolute Gasteiger partial charge is 0.495 e. The Morgan fingerprint density at radius 2 is 1.69 bits per heavy atom. The van der Waals surface area contributed by atoms with Crippen molar-refractivity contribution in [3.63, 3.8) is 0 Å². The fourth-order valence-corrected chi connectivity index (χ4v) is 4.33. The SMILES string of the molecule is COc1ccc(OC)c2sc(N(CCCN(C)C)C(=O)c3ccc(Br)cc3)nc12. The summed E-state index contributed by atoms with van der Waals surface area (Å²) in [7, 11) is 7.28. The van der Waals surface area contributed by atoms with Crippen molar-refractivity contribution < 1.29 is 14.3 Å². The monoisotopic (exact) mass is 477 g/mol. The molecule has 1 heterocycles. The van der Waals surface area contributed by atoms with E-state index in [4.69, 9.17) is 14.5 Å². The highest BCUT2D eigenvalue weighted by Gasteiger charge is 2.23. The van der Waals surface area contributed by atoms with Crippen molar-refractivity contribution in [2.45, 2.75) is 6.42 Å². The smallest absolute Gasteiger partial charge is 0.260 e.